The molecule has 1 aromatic heterocycles. The molecule has 0 bridgehead atoms. The molecule has 3 rings (SSSR count). The molecule has 0 saturated heterocycles. The number of hydrogen-bond donors (Lipinski definition) is 2. The Labute approximate surface area is 139 Å². The van der Waals surface area contributed by atoms with Crippen molar-refractivity contribution in [1.29, 1.82) is 0 Å². The molecule has 0 aliphatic rings. The quantitative estimate of drug-likeness (QED) is 0.689. The van der Waals surface area contributed by atoms with Gasteiger partial charge in [0.25, 0.3) is 0 Å². The minimum Gasteiger partial charge on any atom is -0.284 e. The zero-order chi connectivity index (χ0) is 17.5. The van der Waals surface area contributed by atoms with Crippen molar-refractivity contribution < 1.29 is 16.8 Å². The van der Waals surface area contributed by atoms with Crippen LogP contribution in [0.15, 0.2) is 42.5 Å². The summed E-state index contributed by atoms with van der Waals surface area (Å²) < 4.78 is 50.1. The topological polar surface area (TPSA) is 105 Å². The van der Waals surface area contributed by atoms with Crippen LogP contribution in [0.3, 0.4) is 0 Å². The number of aromatic nitrogens is 1. The van der Waals surface area contributed by atoms with E-state index >= 15 is 0 Å². The number of sulfonamides is 2. The number of benzene rings is 2. The van der Waals surface area contributed by atoms with Gasteiger partial charge in [-0.25, -0.2) is 21.8 Å². The Morgan fingerprint density at radius 2 is 1.12 bits per heavy atom. The highest BCUT2D eigenvalue weighted by Crippen LogP contribution is 2.25. The molecule has 3 aromatic rings. The zero-order valence-corrected chi connectivity index (χ0v) is 14.6. The molecule has 0 amide bonds. The van der Waals surface area contributed by atoms with E-state index in [0.29, 0.717) is 22.4 Å². The summed E-state index contributed by atoms with van der Waals surface area (Å²) in [6, 6.07) is 12.0. The van der Waals surface area contributed by atoms with Crippen LogP contribution in [0.4, 0.5) is 11.4 Å². The SMILES string of the molecule is CS(=O)(=O)Nc1ccc2cc3ccc(NS(C)(=O)=O)cc3nc2c1. The summed E-state index contributed by atoms with van der Waals surface area (Å²) in [5.41, 5.74) is 2.05. The molecular weight excluding hydrogens is 350 g/mol. The van der Waals surface area contributed by atoms with Gasteiger partial charge in [-0.2, -0.15) is 0 Å². The maximum absolute atomic E-state index is 11.3. The van der Waals surface area contributed by atoms with Crippen molar-refractivity contribution in [3.8, 4) is 0 Å². The van der Waals surface area contributed by atoms with Gasteiger partial charge in [-0.15, -0.1) is 0 Å². The largest absolute Gasteiger partial charge is 0.284 e. The Morgan fingerprint density at radius 1 is 0.708 bits per heavy atom. The Morgan fingerprint density at radius 3 is 1.50 bits per heavy atom. The maximum Gasteiger partial charge on any atom is 0.229 e. The predicted molar refractivity (Wildman–Crippen MR) is 96.2 cm³/mol. The van der Waals surface area contributed by atoms with E-state index in [1.165, 1.54) is 0 Å². The molecule has 2 N–H and O–H groups in total. The molecule has 0 aliphatic carbocycles. The molecular formula is C15H15N3O4S2. The van der Waals surface area contributed by atoms with Gasteiger partial charge in [-0.1, -0.05) is 12.1 Å². The average molecular weight is 365 g/mol. The smallest absolute Gasteiger partial charge is 0.229 e. The number of fused-ring (bicyclic) bond motifs is 2. The fourth-order valence-electron chi connectivity index (χ4n) is 2.38. The van der Waals surface area contributed by atoms with E-state index in [4.69, 9.17) is 0 Å². The van der Waals surface area contributed by atoms with Crippen LogP contribution in [0.25, 0.3) is 21.8 Å². The number of nitrogens with one attached hydrogen (secondary N) is 2. The van der Waals surface area contributed by atoms with E-state index in [1.54, 1.807) is 36.4 Å². The Kier molecular flexibility index (Phi) is 3.84. The first-order valence-electron chi connectivity index (χ1n) is 6.89. The van der Waals surface area contributed by atoms with E-state index in [2.05, 4.69) is 14.4 Å². The molecule has 126 valence electrons. The summed E-state index contributed by atoms with van der Waals surface area (Å²) in [5.74, 6) is 0. The molecule has 24 heavy (non-hydrogen) atoms. The molecule has 0 saturated carbocycles. The van der Waals surface area contributed by atoms with Gasteiger partial charge in [-0.3, -0.25) is 9.44 Å². The standard InChI is InChI=1S/C15H15N3O4S2/c1-23(19,20)17-12-5-3-10-7-11-4-6-13(18-24(2,21)22)9-15(11)16-14(10)8-12/h3-9,17-18H,1-2H3. The van der Waals surface area contributed by atoms with Crippen molar-refractivity contribution in [3.63, 3.8) is 0 Å². The third-order valence-electron chi connectivity index (χ3n) is 3.22. The first-order valence-corrected chi connectivity index (χ1v) is 10.7. The normalized spacial score (nSPS) is 12.4. The number of pyridine rings is 1. The second kappa shape index (κ2) is 5.60. The Hall–Kier alpha value is -2.39. The van der Waals surface area contributed by atoms with Gasteiger partial charge in [0, 0.05) is 10.8 Å². The van der Waals surface area contributed by atoms with Crippen molar-refractivity contribution in [2.45, 2.75) is 0 Å². The minimum atomic E-state index is -3.37. The van der Waals surface area contributed by atoms with E-state index in [9.17, 15) is 16.8 Å². The fraction of sp³-hybridized carbons (Fsp3) is 0.133. The van der Waals surface area contributed by atoms with Gasteiger partial charge in [0.05, 0.1) is 34.9 Å². The van der Waals surface area contributed by atoms with Crippen molar-refractivity contribution in [2.24, 2.45) is 0 Å². The second-order valence-electron chi connectivity index (χ2n) is 5.55. The lowest BCUT2D eigenvalue weighted by Crippen LogP contribution is -2.09. The summed E-state index contributed by atoms with van der Waals surface area (Å²) in [7, 11) is -6.74. The van der Waals surface area contributed by atoms with Crippen LogP contribution in [0, 0.1) is 0 Å². The monoisotopic (exact) mass is 365 g/mol. The number of hydrogen-bond acceptors (Lipinski definition) is 5. The Bertz CT molecular complexity index is 1070. The molecule has 1 heterocycles. The highest BCUT2D eigenvalue weighted by Gasteiger charge is 2.07. The van der Waals surface area contributed by atoms with Crippen LogP contribution in [-0.4, -0.2) is 34.3 Å². The second-order valence-corrected chi connectivity index (χ2v) is 9.05. The molecule has 9 heteroatoms. The van der Waals surface area contributed by atoms with Crippen molar-refractivity contribution >= 4 is 53.2 Å². The lowest BCUT2D eigenvalue weighted by Gasteiger charge is -2.08. The number of anilines is 2. The van der Waals surface area contributed by atoms with Crippen LogP contribution >= 0.6 is 0 Å². The van der Waals surface area contributed by atoms with Crippen LogP contribution in [-0.2, 0) is 20.0 Å². The molecule has 0 radical (unpaired) electrons. The predicted octanol–water partition coefficient (Wildman–Crippen LogP) is 2.13. The van der Waals surface area contributed by atoms with Crippen molar-refractivity contribution in [2.75, 3.05) is 22.0 Å². The van der Waals surface area contributed by atoms with Crippen LogP contribution in [0.1, 0.15) is 0 Å². The first-order chi connectivity index (χ1) is 11.1. The molecule has 0 spiro atoms. The minimum absolute atomic E-state index is 0.419. The maximum atomic E-state index is 11.3. The molecule has 0 unspecified atom stereocenters. The van der Waals surface area contributed by atoms with Crippen LogP contribution in [0.2, 0.25) is 0 Å². The Balaban J connectivity index is 2.11. The van der Waals surface area contributed by atoms with Gasteiger partial charge in [0.2, 0.25) is 20.0 Å². The third-order valence-corrected chi connectivity index (χ3v) is 4.43. The average Bonchev–Trinajstić information content (AvgIpc) is 2.41. The number of rotatable bonds is 4. The van der Waals surface area contributed by atoms with Crippen LogP contribution < -0.4 is 9.44 Å². The lowest BCUT2D eigenvalue weighted by molar-refractivity contribution is 0.605. The summed E-state index contributed by atoms with van der Waals surface area (Å²) in [6.45, 7) is 0. The lowest BCUT2D eigenvalue weighted by atomic mass is 10.1. The van der Waals surface area contributed by atoms with Crippen LogP contribution in [0.5, 0.6) is 0 Å². The molecule has 2 aromatic carbocycles. The fourth-order valence-corrected chi connectivity index (χ4v) is 3.49. The molecule has 7 nitrogen and oxygen atoms in total. The van der Waals surface area contributed by atoms with Crippen molar-refractivity contribution in [3.05, 3.63) is 42.5 Å². The summed E-state index contributed by atoms with van der Waals surface area (Å²) in [6.07, 6.45) is 2.16. The van der Waals surface area contributed by atoms with Gasteiger partial charge < -0.3 is 0 Å². The third kappa shape index (κ3) is 3.92. The van der Waals surface area contributed by atoms with Gasteiger partial charge in [-0.05, 0) is 30.3 Å². The van der Waals surface area contributed by atoms with E-state index < -0.39 is 20.0 Å². The zero-order valence-electron chi connectivity index (χ0n) is 12.9. The van der Waals surface area contributed by atoms with Gasteiger partial charge in [0.15, 0.2) is 0 Å². The summed E-state index contributed by atoms with van der Waals surface area (Å²) in [5, 5.41) is 1.70. The molecule has 0 atom stereocenters. The highest BCUT2D eigenvalue weighted by atomic mass is 32.2. The van der Waals surface area contributed by atoms with Gasteiger partial charge in [0.1, 0.15) is 0 Å². The van der Waals surface area contributed by atoms with E-state index in [0.717, 1.165) is 23.3 Å². The summed E-state index contributed by atoms with van der Waals surface area (Å²) >= 11 is 0. The summed E-state index contributed by atoms with van der Waals surface area (Å²) in [4.78, 5) is 4.49. The molecule has 0 fully saturated rings. The highest BCUT2D eigenvalue weighted by molar-refractivity contribution is 7.92. The van der Waals surface area contributed by atoms with Crippen molar-refractivity contribution in [1.82, 2.24) is 4.98 Å². The van der Waals surface area contributed by atoms with Gasteiger partial charge >= 0.3 is 0 Å². The van der Waals surface area contributed by atoms with E-state index in [1.807, 2.05) is 6.07 Å². The number of nitrogens with zero attached hydrogens (tertiary/aromatic N) is 1. The molecule has 0 aliphatic heterocycles. The first kappa shape index (κ1) is 16.5. The van der Waals surface area contributed by atoms with E-state index in [-0.39, 0.29) is 0 Å².